The normalized spacial score (nSPS) is 10.1. The summed E-state index contributed by atoms with van der Waals surface area (Å²) < 4.78 is 11.0. The molecule has 0 heterocycles. The van der Waals surface area contributed by atoms with Crippen molar-refractivity contribution in [1.82, 2.24) is 0 Å². The summed E-state index contributed by atoms with van der Waals surface area (Å²) in [6, 6.07) is 5.31. The maximum Gasteiger partial charge on any atom is 0.328 e. The smallest absolute Gasteiger partial charge is 0.328 e. The fourth-order valence-corrected chi connectivity index (χ4v) is 1.46. The first-order valence-electron chi connectivity index (χ1n) is 5.92. The highest BCUT2D eigenvalue weighted by atomic mass is 16.5. The fourth-order valence-electron chi connectivity index (χ4n) is 1.46. The highest BCUT2D eigenvalue weighted by Crippen LogP contribution is 2.32. The molecule has 4 nitrogen and oxygen atoms in total. The lowest BCUT2D eigenvalue weighted by Crippen LogP contribution is -2.02. The van der Waals surface area contributed by atoms with E-state index >= 15 is 0 Å². The molecule has 1 aromatic carbocycles. The fraction of sp³-hybridized carbons (Fsp3) is 0.267. The molecule has 0 amide bonds. The van der Waals surface area contributed by atoms with E-state index in [4.69, 9.17) is 21.0 Å². The van der Waals surface area contributed by atoms with Crippen LogP contribution in [0.25, 0.3) is 6.08 Å². The largest absolute Gasteiger partial charge is 0.490 e. The molecule has 1 N–H and O–H groups in total. The maximum absolute atomic E-state index is 10.6. The average molecular weight is 260 g/mol. The lowest BCUT2D eigenvalue weighted by atomic mass is 10.1. The van der Waals surface area contributed by atoms with E-state index in [1.807, 2.05) is 6.92 Å². The van der Waals surface area contributed by atoms with Gasteiger partial charge >= 0.3 is 5.97 Å². The molecule has 0 saturated heterocycles. The number of hydrogen-bond donors (Lipinski definition) is 1. The third-order valence-corrected chi connectivity index (χ3v) is 2.21. The lowest BCUT2D eigenvalue weighted by molar-refractivity contribution is -0.131. The Bertz CT molecular complexity index is 497. The minimum absolute atomic E-state index is 0.356. The van der Waals surface area contributed by atoms with Crippen LogP contribution >= 0.6 is 0 Å². The molecule has 0 fully saturated rings. The molecule has 0 aliphatic carbocycles. The van der Waals surface area contributed by atoms with Gasteiger partial charge in [0.2, 0.25) is 0 Å². The first kappa shape index (κ1) is 14.7. The van der Waals surface area contributed by atoms with Crippen LogP contribution in [0.15, 0.2) is 24.3 Å². The molecule has 0 aromatic heterocycles. The Morgan fingerprint density at radius 3 is 2.89 bits per heavy atom. The molecule has 0 radical (unpaired) electrons. The van der Waals surface area contributed by atoms with Crippen LogP contribution in [0.4, 0.5) is 0 Å². The molecule has 0 aliphatic rings. The molecule has 0 spiro atoms. The maximum atomic E-state index is 10.6. The van der Waals surface area contributed by atoms with Gasteiger partial charge < -0.3 is 14.6 Å². The van der Waals surface area contributed by atoms with Crippen LogP contribution in [0.3, 0.4) is 0 Å². The molecule has 0 saturated carbocycles. The standard InChI is InChI=1S/C15H16O4/c1-3-5-11-19-15-12(9-10-14(16)17)7-6-8-13(15)18-4-2/h1,6-10H,4-5,11H2,2H3,(H,16,17)/b10-9+. The molecule has 100 valence electrons. The van der Waals surface area contributed by atoms with Crippen molar-refractivity contribution >= 4 is 12.0 Å². The number of rotatable bonds is 7. The van der Waals surface area contributed by atoms with Gasteiger partial charge in [-0.05, 0) is 19.1 Å². The van der Waals surface area contributed by atoms with E-state index in [1.54, 1.807) is 18.2 Å². The van der Waals surface area contributed by atoms with E-state index < -0.39 is 5.97 Å². The van der Waals surface area contributed by atoms with Crippen molar-refractivity contribution in [2.24, 2.45) is 0 Å². The zero-order valence-electron chi connectivity index (χ0n) is 10.8. The first-order chi connectivity index (χ1) is 9.19. The number of ether oxygens (including phenoxy) is 2. The average Bonchev–Trinajstić information content (AvgIpc) is 2.39. The summed E-state index contributed by atoms with van der Waals surface area (Å²) in [6.45, 7) is 2.72. The molecule has 0 aliphatic heterocycles. The van der Waals surface area contributed by atoms with Gasteiger partial charge in [0.15, 0.2) is 11.5 Å². The third-order valence-electron chi connectivity index (χ3n) is 2.21. The first-order valence-corrected chi connectivity index (χ1v) is 5.92. The second kappa shape index (κ2) is 7.83. The quantitative estimate of drug-likeness (QED) is 0.465. The molecular weight excluding hydrogens is 244 g/mol. The number of para-hydroxylation sites is 1. The second-order valence-electron chi connectivity index (χ2n) is 3.58. The van der Waals surface area contributed by atoms with Crippen molar-refractivity contribution in [2.45, 2.75) is 13.3 Å². The van der Waals surface area contributed by atoms with Gasteiger partial charge in [0.25, 0.3) is 0 Å². The Kier molecular flexibility index (Phi) is 6.04. The van der Waals surface area contributed by atoms with Crippen LogP contribution in [0.5, 0.6) is 11.5 Å². The van der Waals surface area contributed by atoms with Crippen molar-refractivity contribution < 1.29 is 19.4 Å². The van der Waals surface area contributed by atoms with Crippen molar-refractivity contribution in [1.29, 1.82) is 0 Å². The number of carboxylic acids is 1. The minimum Gasteiger partial charge on any atom is -0.490 e. The van der Waals surface area contributed by atoms with Crippen LogP contribution < -0.4 is 9.47 Å². The summed E-state index contributed by atoms with van der Waals surface area (Å²) in [5.74, 6) is 2.55. The van der Waals surface area contributed by atoms with E-state index in [2.05, 4.69) is 5.92 Å². The van der Waals surface area contributed by atoms with Gasteiger partial charge in [0, 0.05) is 18.1 Å². The van der Waals surface area contributed by atoms with E-state index in [0.717, 1.165) is 6.08 Å². The summed E-state index contributed by atoms with van der Waals surface area (Å²) in [5.41, 5.74) is 0.644. The number of carboxylic acid groups (broad SMARTS) is 1. The van der Waals surface area contributed by atoms with Crippen LogP contribution in [-0.4, -0.2) is 24.3 Å². The Balaban J connectivity index is 3.03. The number of terminal acetylenes is 1. The van der Waals surface area contributed by atoms with E-state index in [0.29, 0.717) is 36.7 Å². The molecule has 0 atom stereocenters. The summed E-state index contributed by atoms with van der Waals surface area (Å²) in [5, 5.41) is 8.67. The highest BCUT2D eigenvalue weighted by molar-refractivity contribution is 5.86. The zero-order valence-corrected chi connectivity index (χ0v) is 10.8. The Morgan fingerprint density at radius 2 is 2.26 bits per heavy atom. The Labute approximate surface area is 112 Å². The molecule has 1 aromatic rings. The van der Waals surface area contributed by atoms with Crippen LogP contribution in [-0.2, 0) is 4.79 Å². The molecule has 19 heavy (non-hydrogen) atoms. The summed E-state index contributed by atoms with van der Waals surface area (Å²) in [7, 11) is 0. The minimum atomic E-state index is -1.02. The van der Waals surface area contributed by atoms with Gasteiger partial charge in [-0.3, -0.25) is 0 Å². The van der Waals surface area contributed by atoms with Crippen LogP contribution in [0, 0.1) is 12.3 Å². The topological polar surface area (TPSA) is 55.8 Å². The van der Waals surface area contributed by atoms with E-state index in [-0.39, 0.29) is 0 Å². The third kappa shape index (κ3) is 4.76. The number of hydrogen-bond acceptors (Lipinski definition) is 3. The van der Waals surface area contributed by atoms with Gasteiger partial charge in [0.05, 0.1) is 13.2 Å². The number of benzene rings is 1. The van der Waals surface area contributed by atoms with Crippen molar-refractivity contribution in [3.05, 3.63) is 29.8 Å². The second-order valence-corrected chi connectivity index (χ2v) is 3.58. The highest BCUT2D eigenvalue weighted by Gasteiger charge is 2.09. The van der Waals surface area contributed by atoms with Crippen LogP contribution in [0.2, 0.25) is 0 Å². The van der Waals surface area contributed by atoms with Crippen LogP contribution in [0.1, 0.15) is 18.9 Å². The van der Waals surface area contributed by atoms with E-state index in [9.17, 15) is 4.79 Å². The van der Waals surface area contributed by atoms with Crippen molar-refractivity contribution in [3.63, 3.8) is 0 Å². The van der Waals surface area contributed by atoms with Gasteiger partial charge in [0.1, 0.15) is 0 Å². The molecule has 0 unspecified atom stereocenters. The number of aliphatic carboxylic acids is 1. The van der Waals surface area contributed by atoms with Gasteiger partial charge in [-0.15, -0.1) is 12.3 Å². The SMILES string of the molecule is C#CCCOc1c(/C=C/C(=O)O)cccc1OCC. The summed E-state index contributed by atoms with van der Waals surface area (Å²) >= 11 is 0. The predicted octanol–water partition coefficient (Wildman–Crippen LogP) is 2.59. The van der Waals surface area contributed by atoms with Gasteiger partial charge in [-0.2, -0.15) is 0 Å². The van der Waals surface area contributed by atoms with Gasteiger partial charge in [-0.25, -0.2) is 4.79 Å². The summed E-state index contributed by atoms with van der Waals surface area (Å²) in [4.78, 5) is 10.6. The predicted molar refractivity (Wildman–Crippen MR) is 73.2 cm³/mol. The van der Waals surface area contributed by atoms with Gasteiger partial charge in [-0.1, -0.05) is 12.1 Å². The zero-order chi connectivity index (χ0) is 14.1. The van der Waals surface area contributed by atoms with Crippen molar-refractivity contribution in [3.8, 4) is 23.8 Å². The molecular formula is C15H16O4. The Morgan fingerprint density at radius 1 is 1.47 bits per heavy atom. The van der Waals surface area contributed by atoms with E-state index in [1.165, 1.54) is 6.08 Å². The summed E-state index contributed by atoms with van der Waals surface area (Å²) in [6.07, 6.45) is 8.17. The lowest BCUT2D eigenvalue weighted by Gasteiger charge is -2.13. The number of carbonyl (C=O) groups is 1. The molecule has 4 heteroatoms. The molecule has 1 rings (SSSR count). The monoisotopic (exact) mass is 260 g/mol. The molecule has 0 bridgehead atoms. The Hall–Kier alpha value is -2.41. The van der Waals surface area contributed by atoms with Crippen molar-refractivity contribution in [2.75, 3.05) is 13.2 Å².